The van der Waals surface area contributed by atoms with Crippen molar-refractivity contribution in [1.82, 2.24) is 5.32 Å². The molecular formula is C20H32N3O2S+. The van der Waals surface area contributed by atoms with E-state index < -0.39 is 0 Å². The predicted molar refractivity (Wildman–Crippen MR) is 108 cm³/mol. The smallest absolute Gasteiger partial charge is 0.279 e. The van der Waals surface area contributed by atoms with Gasteiger partial charge in [-0.05, 0) is 44.1 Å². The molecule has 2 atom stereocenters. The van der Waals surface area contributed by atoms with Gasteiger partial charge in [-0.1, -0.05) is 31.4 Å². The molecule has 6 heteroatoms. The van der Waals surface area contributed by atoms with Crippen molar-refractivity contribution >= 4 is 29.3 Å². The van der Waals surface area contributed by atoms with Crippen molar-refractivity contribution < 1.29 is 14.5 Å². The second-order valence-electron chi connectivity index (χ2n) is 7.24. The quantitative estimate of drug-likeness (QED) is 0.606. The van der Waals surface area contributed by atoms with Gasteiger partial charge >= 0.3 is 0 Å². The Balaban J connectivity index is 1.78. The number of anilines is 1. The zero-order chi connectivity index (χ0) is 18.9. The Morgan fingerprint density at radius 1 is 1.23 bits per heavy atom. The predicted octanol–water partition coefficient (Wildman–Crippen LogP) is 1.95. The van der Waals surface area contributed by atoms with E-state index in [-0.39, 0.29) is 24.4 Å². The lowest BCUT2D eigenvalue weighted by atomic mass is 9.89. The fourth-order valence-corrected chi connectivity index (χ4v) is 3.92. The molecule has 0 aromatic heterocycles. The maximum atomic E-state index is 12.4. The number of quaternary nitrogens is 1. The van der Waals surface area contributed by atoms with E-state index >= 15 is 0 Å². The van der Waals surface area contributed by atoms with Gasteiger partial charge in [0.05, 0.1) is 12.7 Å². The largest absolute Gasteiger partial charge is 0.351 e. The first kappa shape index (κ1) is 20.8. The summed E-state index contributed by atoms with van der Waals surface area (Å²) in [5, 5.41) is 6.04. The number of rotatable bonds is 8. The van der Waals surface area contributed by atoms with Gasteiger partial charge in [-0.2, -0.15) is 0 Å². The number of thioether (sulfide) groups is 1. The van der Waals surface area contributed by atoms with Gasteiger partial charge in [-0.15, -0.1) is 11.8 Å². The normalized spacial score (nSPS) is 17.3. The van der Waals surface area contributed by atoms with Crippen LogP contribution < -0.4 is 15.5 Å². The van der Waals surface area contributed by atoms with Gasteiger partial charge in [0.2, 0.25) is 0 Å². The van der Waals surface area contributed by atoms with Crippen molar-refractivity contribution in [3.05, 3.63) is 24.3 Å². The van der Waals surface area contributed by atoms with E-state index in [0.29, 0.717) is 5.92 Å². The number of carbonyl (C=O) groups excluding carboxylic acids is 2. The zero-order valence-electron chi connectivity index (χ0n) is 16.1. The summed E-state index contributed by atoms with van der Waals surface area (Å²) in [7, 11) is 1.89. The highest BCUT2D eigenvalue weighted by Gasteiger charge is 2.25. The van der Waals surface area contributed by atoms with Crippen LogP contribution in [0, 0.1) is 5.92 Å². The Morgan fingerprint density at radius 2 is 1.92 bits per heavy atom. The van der Waals surface area contributed by atoms with Crippen molar-refractivity contribution in [2.75, 3.05) is 31.7 Å². The molecular weight excluding hydrogens is 346 g/mol. The summed E-state index contributed by atoms with van der Waals surface area (Å²) in [4.78, 5) is 26.7. The molecule has 26 heavy (non-hydrogen) atoms. The lowest BCUT2D eigenvalue weighted by Crippen LogP contribution is -3.15. The van der Waals surface area contributed by atoms with Crippen LogP contribution in [0.5, 0.6) is 0 Å². The highest BCUT2D eigenvalue weighted by atomic mass is 32.2. The molecule has 0 aliphatic heterocycles. The van der Waals surface area contributed by atoms with Crippen LogP contribution in [0.4, 0.5) is 5.69 Å². The molecule has 2 amide bonds. The molecule has 1 saturated carbocycles. The first-order chi connectivity index (χ1) is 12.5. The number of benzene rings is 1. The highest BCUT2D eigenvalue weighted by Crippen LogP contribution is 2.24. The fourth-order valence-electron chi connectivity index (χ4n) is 3.36. The minimum absolute atomic E-state index is 0.0328. The Bertz CT molecular complexity index is 602. The third-order valence-corrected chi connectivity index (χ3v) is 6.04. The van der Waals surface area contributed by atoms with E-state index in [1.807, 2.05) is 44.5 Å². The van der Waals surface area contributed by atoms with E-state index in [0.717, 1.165) is 22.0 Å². The van der Waals surface area contributed by atoms with E-state index in [2.05, 4.69) is 10.6 Å². The second kappa shape index (κ2) is 10.6. The summed E-state index contributed by atoms with van der Waals surface area (Å²) >= 11 is 1.60. The molecule has 1 unspecified atom stereocenters. The molecule has 0 heterocycles. The van der Waals surface area contributed by atoms with Gasteiger partial charge in [0.1, 0.15) is 0 Å². The second-order valence-corrected chi connectivity index (χ2v) is 8.09. The first-order valence-corrected chi connectivity index (χ1v) is 10.8. The van der Waals surface area contributed by atoms with Crippen LogP contribution in [0.15, 0.2) is 29.2 Å². The first-order valence-electron chi connectivity index (χ1n) is 9.54. The van der Waals surface area contributed by atoms with Crippen LogP contribution >= 0.6 is 11.8 Å². The SMILES string of the molecule is CSc1ccccc1NC(=O)C[NH+](C)[C@H](C)C(=O)NCC1CCCCC1. The average molecular weight is 379 g/mol. The van der Waals surface area contributed by atoms with Crippen LogP contribution in [0.25, 0.3) is 0 Å². The maximum Gasteiger partial charge on any atom is 0.279 e. The Hall–Kier alpha value is -1.53. The minimum Gasteiger partial charge on any atom is -0.351 e. The molecule has 0 bridgehead atoms. The third kappa shape index (κ3) is 6.32. The maximum absolute atomic E-state index is 12.4. The molecule has 2 rings (SSSR count). The number of nitrogens with one attached hydrogen (secondary N) is 3. The molecule has 144 valence electrons. The standard InChI is InChI=1S/C20H31N3O2S/c1-15(20(25)21-13-16-9-5-4-6-10-16)23(2)14-19(24)22-17-11-7-8-12-18(17)26-3/h7-8,11-12,15-16H,4-6,9-10,13-14H2,1-3H3,(H,21,25)(H,22,24)/p+1/t15-/m1/s1. The number of para-hydroxylation sites is 1. The van der Waals surface area contributed by atoms with E-state index in [1.54, 1.807) is 11.8 Å². The van der Waals surface area contributed by atoms with Gasteiger partial charge in [-0.25, -0.2) is 0 Å². The van der Waals surface area contributed by atoms with Crippen molar-refractivity contribution in [2.45, 2.75) is 50.0 Å². The van der Waals surface area contributed by atoms with Crippen LogP contribution in [0.2, 0.25) is 0 Å². The Kier molecular flexibility index (Phi) is 8.45. The van der Waals surface area contributed by atoms with Crippen molar-refractivity contribution in [3.63, 3.8) is 0 Å². The van der Waals surface area contributed by atoms with E-state index in [1.165, 1.54) is 32.1 Å². The highest BCUT2D eigenvalue weighted by molar-refractivity contribution is 7.98. The topological polar surface area (TPSA) is 62.6 Å². The minimum atomic E-state index is -0.250. The molecule has 1 fully saturated rings. The molecule has 0 radical (unpaired) electrons. The molecule has 1 aromatic rings. The Labute approximate surface area is 161 Å². The van der Waals surface area contributed by atoms with Gasteiger partial charge in [0.25, 0.3) is 11.8 Å². The van der Waals surface area contributed by atoms with Gasteiger partial charge in [0, 0.05) is 11.4 Å². The average Bonchev–Trinajstić information content (AvgIpc) is 2.66. The van der Waals surface area contributed by atoms with Gasteiger partial charge in [0.15, 0.2) is 12.6 Å². The van der Waals surface area contributed by atoms with Gasteiger partial charge < -0.3 is 15.5 Å². The molecule has 1 aromatic carbocycles. The number of hydrogen-bond acceptors (Lipinski definition) is 3. The molecule has 0 saturated heterocycles. The summed E-state index contributed by atoms with van der Waals surface area (Å²) < 4.78 is 0. The summed E-state index contributed by atoms with van der Waals surface area (Å²) in [6.07, 6.45) is 8.30. The summed E-state index contributed by atoms with van der Waals surface area (Å²) in [6.45, 7) is 2.92. The lowest BCUT2D eigenvalue weighted by molar-refractivity contribution is -0.885. The molecule has 3 N–H and O–H groups in total. The zero-order valence-corrected chi connectivity index (χ0v) is 17.0. The van der Waals surface area contributed by atoms with Crippen LogP contribution in [0.1, 0.15) is 39.0 Å². The number of likely N-dealkylation sites (N-methyl/N-ethyl adjacent to an activating group) is 1. The number of carbonyl (C=O) groups is 2. The summed E-state index contributed by atoms with van der Waals surface area (Å²) in [6, 6.07) is 7.50. The molecule has 1 aliphatic rings. The number of hydrogen-bond donors (Lipinski definition) is 3. The molecule has 1 aliphatic carbocycles. The molecule has 5 nitrogen and oxygen atoms in total. The fraction of sp³-hybridized carbons (Fsp3) is 0.600. The third-order valence-electron chi connectivity index (χ3n) is 5.24. The Morgan fingerprint density at radius 3 is 2.62 bits per heavy atom. The van der Waals surface area contributed by atoms with Gasteiger partial charge in [-0.3, -0.25) is 9.59 Å². The van der Waals surface area contributed by atoms with E-state index in [9.17, 15) is 9.59 Å². The molecule has 0 spiro atoms. The lowest BCUT2D eigenvalue weighted by Gasteiger charge is -2.24. The number of amides is 2. The van der Waals surface area contributed by atoms with Crippen molar-refractivity contribution in [1.29, 1.82) is 0 Å². The van der Waals surface area contributed by atoms with Crippen molar-refractivity contribution in [3.8, 4) is 0 Å². The summed E-state index contributed by atoms with van der Waals surface area (Å²) in [5.41, 5.74) is 0.826. The van der Waals surface area contributed by atoms with Crippen LogP contribution in [-0.4, -0.2) is 44.2 Å². The van der Waals surface area contributed by atoms with Crippen LogP contribution in [-0.2, 0) is 9.59 Å². The van der Waals surface area contributed by atoms with Crippen LogP contribution in [0.3, 0.4) is 0 Å². The van der Waals surface area contributed by atoms with E-state index in [4.69, 9.17) is 0 Å². The van der Waals surface area contributed by atoms with Crippen molar-refractivity contribution in [2.24, 2.45) is 5.92 Å². The summed E-state index contributed by atoms with van der Waals surface area (Å²) in [5.74, 6) is 0.577. The monoisotopic (exact) mass is 378 g/mol.